The summed E-state index contributed by atoms with van der Waals surface area (Å²) in [4.78, 5) is 224. The van der Waals surface area contributed by atoms with Gasteiger partial charge in [0.15, 0.2) is 28.9 Å². The van der Waals surface area contributed by atoms with Gasteiger partial charge in [0.2, 0.25) is 70.9 Å². The van der Waals surface area contributed by atoms with E-state index in [2.05, 4.69) is 26.6 Å². The number of rotatable bonds is 58. The molecule has 35 heteroatoms. The van der Waals surface area contributed by atoms with Crippen molar-refractivity contribution in [1.29, 1.82) is 0 Å². The van der Waals surface area contributed by atoms with Crippen molar-refractivity contribution in [3.05, 3.63) is 0 Å². The van der Waals surface area contributed by atoms with Crippen LogP contribution in [0.3, 0.4) is 0 Å². The normalized spacial score (nSPS) is 14.3. The van der Waals surface area contributed by atoms with Crippen LogP contribution in [0.1, 0.15) is 194 Å². The number of primary amides is 7. The maximum Gasteiger partial charge on any atom is 0.224 e. The van der Waals surface area contributed by atoms with Gasteiger partial charge in [0, 0.05) is 100 Å². The highest BCUT2D eigenvalue weighted by Gasteiger charge is 2.36. The minimum absolute atomic E-state index is 0.00289. The Kier molecular flexibility index (Phi) is 48.2. The first-order chi connectivity index (χ1) is 46.0. The molecule has 11 atom stereocenters. The Morgan fingerprint density at radius 3 is 0.724 bits per heavy atom. The zero-order chi connectivity index (χ0) is 75.2. The Hall–Kier alpha value is -8.54. The average molecular weight is 1390 g/mol. The van der Waals surface area contributed by atoms with Crippen LogP contribution in [-0.4, -0.2) is 168 Å². The molecule has 0 rings (SSSR count). The van der Waals surface area contributed by atoms with Gasteiger partial charge in [0.25, 0.3) is 0 Å². The molecule has 0 aliphatic carbocycles. The number of ketones is 6. The first-order valence-corrected chi connectivity index (χ1v) is 33.2. The third kappa shape index (κ3) is 42.2. The second kappa shape index (κ2) is 51.6. The van der Waals surface area contributed by atoms with E-state index in [1.807, 2.05) is 0 Å². The average Bonchev–Trinajstić information content (AvgIpc) is 0.889. The summed E-state index contributed by atoms with van der Waals surface area (Å²) in [6, 6.07) is -6.45. The molecule has 0 saturated carbocycles. The molecule has 0 fully saturated rings. The molecule has 0 unspecified atom stereocenters. The van der Waals surface area contributed by atoms with Gasteiger partial charge in [-0.3, -0.25) is 86.3 Å². The van der Waals surface area contributed by atoms with E-state index in [1.54, 1.807) is 6.92 Å². The molecule has 0 spiro atoms. The fourth-order valence-electron chi connectivity index (χ4n) is 10.1. The van der Waals surface area contributed by atoms with Crippen molar-refractivity contribution in [3.63, 3.8) is 0 Å². The molecule has 0 aromatic heterocycles. The van der Waals surface area contributed by atoms with Gasteiger partial charge in [-0.05, 0) is 143 Å². The van der Waals surface area contributed by atoms with Crippen molar-refractivity contribution < 1.29 is 86.3 Å². The van der Waals surface area contributed by atoms with Crippen LogP contribution in [0.4, 0.5) is 0 Å². The minimum atomic E-state index is -1.26. The lowest BCUT2D eigenvalue weighted by Gasteiger charge is -2.26. The van der Waals surface area contributed by atoms with E-state index >= 15 is 0 Å². The van der Waals surface area contributed by atoms with Crippen molar-refractivity contribution >= 4 is 106 Å². The van der Waals surface area contributed by atoms with Crippen molar-refractivity contribution in [2.75, 3.05) is 26.2 Å². The Bertz CT molecular complexity index is 2700. The van der Waals surface area contributed by atoms with Gasteiger partial charge in [-0.25, -0.2) is 0 Å². The molecule has 0 bridgehead atoms. The number of nitrogens with two attached hydrogens (primary N) is 12. The van der Waals surface area contributed by atoms with Crippen LogP contribution in [-0.2, 0) is 86.3 Å². The number of Topliss-reactive ketones (excluding diaryl/α,β-unsaturated/α-hetero) is 6. The molecule has 0 aromatic rings. The van der Waals surface area contributed by atoms with Crippen molar-refractivity contribution in [3.8, 4) is 0 Å². The fraction of sp³-hybridized carbons (Fsp3) is 0.714. The zero-order valence-electron chi connectivity index (χ0n) is 57.0. The summed E-state index contributed by atoms with van der Waals surface area (Å²) in [7, 11) is 0. The lowest BCUT2D eigenvalue weighted by Crippen LogP contribution is -2.48. The lowest BCUT2D eigenvalue weighted by atomic mass is 9.88. The Morgan fingerprint density at radius 2 is 0.480 bits per heavy atom. The number of carbonyl (C=O) groups excluding carboxylic acids is 18. The van der Waals surface area contributed by atoms with E-state index in [-0.39, 0.29) is 167 Å². The Morgan fingerprint density at radius 1 is 0.276 bits per heavy atom. The molecule has 98 heavy (non-hydrogen) atoms. The topological polar surface area (TPSA) is 680 Å². The smallest absolute Gasteiger partial charge is 0.224 e. The third-order valence-corrected chi connectivity index (χ3v) is 16.1. The molecular formula is C63H111N17O18. The van der Waals surface area contributed by atoms with Gasteiger partial charge in [0.1, 0.15) is 5.78 Å². The molecule has 0 aliphatic rings. The molecule has 0 saturated heterocycles. The minimum Gasteiger partial charge on any atom is -0.370 e. The van der Waals surface area contributed by atoms with Gasteiger partial charge >= 0.3 is 0 Å². The van der Waals surface area contributed by atoms with Gasteiger partial charge in [-0.15, -0.1) is 0 Å². The predicted molar refractivity (Wildman–Crippen MR) is 357 cm³/mol. The summed E-state index contributed by atoms with van der Waals surface area (Å²) in [5, 5.41) is 13.1. The maximum atomic E-state index is 13.9. The second-order valence-corrected chi connectivity index (χ2v) is 24.5. The van der Waals surface area contributed by atoms with E-state index in [9.17, 15) is 86.3 Å². The molecule has 35 nitrogen and oxygen atoms in total. The molecule has 0 aromatic carbocycles. The van der Waals surface area contributed by atoms with E-state index in [1.165, 1.54) is 13.8 Å². The van der Waals surface area contributed by atoms with Crippen LogP contribution in [0.15, 0.2) is 0 Å². The van der Waals surface area contributed by atoms with Gasteiger partial charge in [-0.1, -0.05) is 6.92 Å². The highest BCUT2D eigenvalue weighted by atomic mass is 16.2. The van der Waals surface area contributed by atoms with Crippen LogP contribution in [0.2, 0.25) is 0 Å². The lowest BCUT2D eigenvalue weighted by molar-refractivity contribution is -0.136. The Balaban J connectivity index is 0. The number of hydrogen-bond donors (Lipinski definition) is 17. The van der Waals surface area contributed by atoms with E-state index in [4.69, 9.17) is 68.8 Å². The molecule has 0 heterocycles. The molecule has 29 N–H and O–H groups in total. The number of hydrogen-bond acceptors (Lipinski definition) is 23. The first kappa shape index (κ1) is 91.5. The first-order valence-electron chi connectivity index (χ1n) is 33.2. The predicted octanol–water partition coefficient (Wildman–Crippen LogP) is -4.96. The van der Waals surface area contributed by atoms with Crippen LogP contribution in [0.5, 0.6) is 0 Å². The van der Waals surface area contributed by atoms with Crippen molar-refractivity contribution in [2.45, 2.75) is 230 Å². The molecular weight excluding hydrogens is 1280 g/mol. The summed E-state index contributed by atoms with van der Waals surface area (Å²) in [6.45, 7) is 5.06. The molecule has 12 amide bonds. The molecule has 556 valence electrons. The highest BCUT2D eigenvalue weighted by Crippen LogP contribution is 2.23. The monoisotopic (exact) mass is 1390 g/mol. The summed E-state index contributed by atoms with van der Waals surface area (Å²) in [6.07, 6.45) is -1.35. The third-order valence-electron chi connectivity index (χ3n) is 16.1. The highest BCUT2D eigenvalue weighted by molar-refractivity contribution is 5.98. The number of amides is 12. The standard InChI is InChI=1S/C39H69N11O11.C24H42N6O7/c1-22(51)27(5-2-16-40)48-37(59)24(9-13-34(45)56)20-31(53)29(7-4-18-42)50-39(61)25(10-14-35(46)57)21-32(54)28(6-3-17-41)49-38(60)23(8-12-33(44)55)19-30(52)26(43)11-15-36(47)58;1-3-15(6-9-20(26)33)23(36)30-18(5-4-12-25)19(32)13-16(7-10-21(27)34)24(37)29-17(14(2)31)8-11-22(28)35/h23-29H,2-21,40-43H2,1H3,(H2,44,55)(H2,45,56)(H2,46,57)(H2,47,58)(H,48,59)(H,49,60)(H,50,61);15-18H,3-13,25H2,1-2H3,(H2,26,33)(H2,27,34)(H2,28,35)(H,29,37)(H,30,36)/t23-,24-,25-,26+,27+,28+,29+;15-,16+,17-,18-/m10/s1. The van der Waals surface area contributed by atoms with Crippen molar-refractivity contribution in [1.82, 2.24) is 26.6 Å². The fourth-order valence-corrected chi connectivity index (χ4v) is 10.1. The van der Waals surface area contributed by atoms with Gasteiger partial charge in [0.05, 0.1) is 36.3 Å². The van der Waals surface area contributed by atoms with Crippen molar-refractivity contribution in [2.24, 2.45) is 98.4 Å². The van der Waals surface area contributed by atoms with Crippen LogP contribution in [0.25, 0.3) is 0 Å². The summed E-state index contributed by atoms with van der Waals surface area (Å²) in [5.74, 6) is -16.3. The van der Waals surface area contributed by atoms with Crippen LogP contribution >= 0.6 is 0 Å². The van der Waals surface area contributed by atoms with Crippen LogP contribution < -0.4 is 95.4 Å². The van der Waals surface area contributed by atoms with E-state index in [0.29, 0.717) is 19.3 Å². The largest absolute Gasteiger partial charge is 0.370 e. The molecule has 0 aliphatic heterocycles. The number of carbonyl (C=O) groups is 18. The van der Waals surface area contributed by atoms with E-state index in [0.717, 1.165) is 0 Å². The number of nitrogens with one attached hydrogen (secondary N) is 5. The second-order valence-electron chi connectivity index (χ2n) is 24.5. The Labute approximate surface area is 571 Å². The summed E-state index contributed by atoms with van der Waals surface area (Å²) in [5.41, 5.74) is 65.2. The molecule has 0 radical (unpaired) electrons. The summed E-state index contributed by atoms with van der Waals surface area (Å²) < 4.78 is 0. The van der Waals surface area contributed by atoms with Gasteiger partial charge < -0.3 is 95.4 Å². The van der Waals surface area contributed by atoms with E-state index < -0.39 is 185 Å². The van der Waals surface area contributed by atoms with Gasteiger partial charge in [-0.2, -0.15) is 0 Å². The summed E-state index contributed by atoms with van der Waals surface area (Å²) >= 11 is 0. The van der Waals surface area contributed by atoms with Crippen LogP contribution in [0, 0.1) is 29.6 Å². The zero-order valence-corrected chi connectivity index (χ0v) is 57.0. The SMILES string of the molecule is CC(=O)[C@H](CCCN)NC(=O)[C@H](CCC(N)=O)CC(=O)[C@H](CCCN)NC(=O)[C@H](CCC(N)=O)CC(=O)[C@H](CCCN)NC(=O)[C@H](CCC(N)=O)CC(=O)[C@@H](N)CCC(N)=O.CC[C@@H](CCC(N)=O)C(=O)N[C@@H](CCCN)C(=O)C[C@@H](CCC(N)=O)C(=O)N[C@@H](CCC(N)=O)C(C)=O. The maximum absolute atomic E-state index is 13.9. The quantitative estimate of drug-likeness (QED) is 0.0271.